The maximum atomic E-state index is 12.7. The Hall–Kier alpha value is -0.520. The van der Waals surface area contributed by atoms with Crippen molar-refractivity contribution >= 4 is 39.3 Å². The number of hydrogen-bond acceptors (Lipinski definition) is 3. The van der Waals surface area contributed by atoms with E-state index < -0.39 is 0 Å². The van der Waals surface area contributed by atoms with Crippen molar-refractivity contribution in [3.05, 3.63) is 22.7 Å². The third-order valence-electron chi connectivity index (χ3n) is 3.74. The topological polar surface area (TPSA) is 32.3 Å². The van der Waals surface area contributed by atoms with Crippen LogP contribution in [0.25, 0.3) is 0 Å². The van der Waals surface area contributed by atoms with Gasteiger partial charge in [-0.2, -0.15) is 0 Å². The largest absolute Gasteiger partial charge is 0.317 e. The maximum Gasteiger partial charge on any atom is 0.230 e. The third-order valence-corrected chi connectivity index (χ3v) is 5.27. The van der Waals surface area contributed by atoms with Gasteiger partial charge < -0.3 is 10.2 Å². The molecule has 0 saturated carbocycles. The molecule has 1 N–H and O–H groups in total. The zero-order valence-corrected chi connectivity index (χ0v) is 13.1. The first kappa shape index (κ1) is 13.5. The number of nitrogens with zero attached hydrogens (tertiary/aromatic N) is 1. The van der Waals surface area contributed by atoms with Crippen LogP contribution in [-0.4, -0.2) is 31.3 Å². The molecule has 1 amide bonds. The van der Waals surface area contributed by atoms with Crippen LogP contribution in [0.5, 0.6) is 0 Å². The standard InChI is InChI=1S/C14H17BrN2OS/c15-11-1-2-13-12(9-11)17(7-8-19-13)14(18)10-3-5-16-6-4-10/h1-2,9-10,16H,3-8H2. The Morgan fingerprint density at radius 1 is 1.37 bits per heavy atom. The number of amides is 1. The molecular formula is C14H17BrN2OS. The van der Waals surface area contributed by atoms with Crippen LogP contribution < -0.4 is 10.2 Å². The van der Waals surface area contributed by atoms with Crippen molar-refractivity contribution in [3.63, 3.8) is 0 Å². The summed E-state index contributed by atoms with van der Waals surface area (Å²) in [5, 5.41) is 3.32. The molecule has 1 aromatic carbocycles. The van der Waals surface area contributed by atoms with Crippen molar-refractivity contribution in [2.45, 2.75) is 17.7 Å². The molecule has 0 atom stereocenters. The van der Waals surface area contributed by atoms with E-state index in [4.69, 9.17) is 0 Å². The minimum absolute atomic E-state index is 0.191. The monoisotopic (exact) mass is 340 g/mol. The van der Waals surface area contributed by atoms with Gasteiger partial charge in [0.2, 0.25) is 5.91 Å². The van der Waals surface area contributed by atoms with E-state index in [-0.39, 0.29) is 5.92 Å². The van der Waals surface area contributed by atoms with Crippen LogP contribution in [-0.2, 0) is 4.79 Å². The molecule has 0 aliphatic carbocycles. The molecule has 0 unspecified atom stereocenters. The number of carbonyl (C=O) groups is 1. The second kappa shape index (κ2) is 5.85. The van der Waals surface area contributed by atoms with Crippen LogP contribution in [0.3, 0.4) is 0 Å². The Balaban J connectivity index is 1.86. The molecule has 1 aromatic rings. The van der Waals surface area contributed by atoms with Crippen LogP contribution in [0.15, 0.2) is 27.6 Å². The van der Waals surface area contributed by atoms with Crippen molar-refractivity contribution in [2.24, 2.45) is 5.92 Å². The average molecular weight is 341 g/mol. The average Bonchev–Trinajstić information content (AvgIpc) is 2.47. The molecule has 3 rings (SSSR count). The summed E-state index contributed by atoms with van der Waals surface area (Å²) in [6.07, 6.45) is 1.93. The number of carbonyl (C=O) groups excluding carboxylic acids is 1. The summed E-state index contributed by atoms with van der Waals surface area (Å²) in [4.78, 5) is 15.9. The Morgan fingerprint density at radius 3 is 2.95 bits per heavy atom. The quantitative estimate of drug-likeness (QED) is 0.853. The van der Waals surface area contributed by atoms with Gasteiger partial charge in [0, 0.05) is 27.6 Å². The van der Waals surface area contributed by atoms with E-state index in [0.717, 1.165) is 48.4 Å². The lowest BCUT2D eigenvalue weighted by Crippen LogP contribution is -2.43. The van der Waals surface area contributed by atoms with Gasteiger partial charge in [0.1, 0.15) is 0 Å². The first-order valence-electron chi connectivity index (χ1n) is 6.70. The summed E-state index contributed by atoms with van der Waals surface area (Å²) in [5.74, 6) is 1.49. The van der Waals surface area contributed by atoms with E-state index in [9.17, 15) is 4.79 Å². The van der Waals surface area contributed by atoms with Crippen molar-refractivity contribution in [1.29, 1.82) is 0 Å². The number of hydrogen-bond donors (Lipinski definition) is 1. The van der Waals surface area contributed by atoms with E-state index in [1.165, 1.54) is 4.90 Å². The van der Waals surface area contributed by atoms with Crippen molar-refractivity contribution in [3.8, 4) is 0 Å². The lowest BCUT2D eigenvalue weighted by molar-refractivity contribution is -0.123. The summed E-state index contributed by atoms with van der Waals surface area (Å²) in [7, 11) is 0. The number of nitrogens with one attached hydrogen (secondary N) is 1. The van der Waals surface area contributed by atoms with Gasteiger partial charge >= 0.3 is 0 Å². The van der Waals surface area contributed by atoms with E-state index in [1.54, 1.807) is 0 Å². The molecule has 19 heavy (non-hydrogen) atoms. The van der Waals surface area contributed by atoms with Crippen molar-refractivity contribution in [1.82, 2.24) is 5.32 Å². The zero-order chi connectivity index (χ0) is 13.2. The maximum absolute atomic E-state index is 12.7. The van der Waals surface area contributed by atoms with Gasteiger partial charge in [0.05, 0.1) is 5.69 Å². The van der Waals surface area contributed by atoms with Gasteiger partial charge in [0.15, 0.2) is 0 Å². The molecule has 0 aromatic heterocycles. The summed E-state index contributed by atoms with van der Waals surface area (Å²) in [5.41, 5.74) is 1.08. The van der Waals surface area contributed by atoms with Gasteiger partial charge in [-0.05, 0) is 44.1 Å². The second-order valence-corrected chi connectivity index (χ2v) is 7.03. The van der Waals surface area contributed by atoms with Crippen molar-refractivity contribution in [2.75, 3.05) is 30.3 Å². The number of halogens is 1. The molecule has 0 bridgehead atoms. The number of anilines is 1. The highest BCUT2D eigenvalue weighted by Gasteiger charge is 2.29. The highest BCUT2D eigenvalue weighted by molar-refractivity contribution is 9.10. The van der Waals surface area contributed by atoms with Crippen LogP contribution in [0, 0.1) is 5.92 Å². The van der Waals surface area contributed by atoms with Crippen LogP contribution >= 0.6 is 27.7 Å². The lowest BCUT2D eigenvalue weighted by Gasteiger charge is -2.33. The molecule has 2 heterocycles. The van der Waals surface area contributed by atoms with E-state index in [0.29, 0.717) is 5.91 Å². The molecule has 2 aliphatic rings. The summed E-state index contributed by atoms with van der Waals surface area (Å²) in [6, 6.07) is 6.22. The number of fused-ring (bicyclic) bond motifs is 1. The summed E-state index contributed by atoms with van der Waals surface area (Å²) < 4.78 is 1.04. The molecule has 1 saturated heterocycles. The van der Waals surface area contributed by atoms with E-state index >= 15 is 0 Å². The fraction of sp³-hybridized carbons (Fsp3) is 0.500. The van der Waals surface area contributed by atoms with Crippen LogP contribution in [0.4, 0.5) is 5.69 Å². The number of piperidine rings is 1. The molecule has 2 aliphatic heterocycles. The van der Waals surface area contributed by atoms with E-state index in [2.05, 4.69) is 33.4 Å². The van der Waals surface area contributed by atoms with Crippen molar-refractivity contribution < 1.29 is 4.79 Å². The smallest absolute Gasteiger partial charge is 0.230 e. The highest BCUT2D eigenvalue weighted by Crippen LogP contribution is 2.37. The fourth-order valence-electron chi connectivity index (χ4n) is 2.71. The van der Waals surface area contributed by atoms with Gasteiger partial charge in [0.25, 0.3) is 0 Å². The molecule has 0 radical (unpaired) electrons. The normalized spacial score (nSPS) is 20.2. The predicted molar refractivity (Wildman–Crippen MR) is 82.8 cm³/mol. The van der Waals surface area contributed by atoms with Gasteiger partial charge in [-0.1, -0.05) is 15.9 Å². The van der Waals surface area contributed by atoms with E-state index in [1.807, 2.05) is 22.7 Å². The SMILES string of the molecule is O=C(C1CCNCC1)N1CCSc2ccc(Br)cc21. The third kappa shape index (κ3) is 2.83. The molecule has 1 fully saturated rings. The first-order chi connectivity index (χ1) is 9.25. The first-order valence-corrected chi connectivity index (χ1v) is 8.48. The lowest BCUT2D eigenvalue weighted by atomic mass is 9.96. The Bertz CT molecular complexity index is 488. The Kier molecular flexibility index (Phi) is 4.15. The van der Waals surface area contributed by atoms with Crippen LogP contribution in [0.2, 0.25) is 0 Å². The summed E-state index contributed by atoms with van der Waals surface area (Å²) in [6.45, 7) is 2.76. The summed E-state index contributed by atoms with van der Waals surface area (Å²) >= 11 is 5.34. The van der Waals surface area contributed by atoms with Crippen LogP contribution in [0.1, 0.15) is 12.8 Å². The molecule has 5 heteroatoms. The van der Waals surface area contributed by atoms with Gasteiger partial charge in [-0.15, -0.1) is 11.8 Å². The second-order valence-electron chi connectivity index (χ2n) is 4.97. The molecule has 0 spiro atoms. The molecule has 102 valence electrons. The Morgan fingerprint density at radius 2 is 2.16 bits per heavy atom. The minimum Gasteiger partial charge on any atom is -0.317 e. The van der Waals surface area contributed by atoms with Gasteiger partial charge in [-0.3, -0.25) is 4.79 Å². The zero-order valence-electron chi connectivity index (χ0n) is 10.7. The molecular weight excluding hydrogens is 324 g/mol. The predicted octanol–water partition coefficient (Wildman–Crippen LogP) is 2.89. The fourth-order valence-corrected chi connectivity index (χ4v) is 4.03. The minimum atomic E-state index is 0.191. The van der Waals surface area contributed by atoms with Gasteiger partial charge in [-0.25, -0.2) is 0 Å². The Labute approximate surface area is 126 Å². The molecule has 3 nitrogen and oxygen atoms in total. The highest BCUT2D eigenvalue weighted by atomic mass is 79.9. The number of benzene rings is 1. The number of thioether (sulfide) groups is 1. The number of rotatable bonds is 1.